The zero-order valence-corrected chi connectivity index (χ0v) is 20.1. The van der Waals surface area contributed by atoms with E-state index in [4.69, 9.17) is 0 Å². The van der Waals surface area contributed by atoms with Crippen LogP contribution in [-0.4, -0.2) is 48.3 Å². The van der Waals surface area contributed by atoms with Gasteiger partial charge in [0.05, 0.1) is 23.7 Å². The number of rotatable bonds is 10. The average molecular weight is 441 g/mol. The Balaban J connectivity index is 2.03. The second-order valence-corrected chi connectivity index (χ2v) is 9.21. The number of fused-ring (bicyclic) bond motifs is 1. The van der Waals surface area contributed by atoms with Crippen LogP contribution in [0.4, 0.5) is 0 Å². The number of nitrogens with zero attached hydrogens (tertiary/aromatic N) is 5. The molecule has 8 heteroatoms. The zero-order chi connectivity index (χ0) is 23.5. The van der Waals surface area contributed by atoms with E-state index in [0.29, 0.717) is 18.7 Å². The fourth-order valence-corrected chi connectivity index (χ4v) is 4.11. The maximum atomic E-state index is 13.0. The molecule has 1 atom stereocenters. The molecule has 0 spiro atoms. The molecule has 3 rings (SSSR count). The van der Waals surface area contributed by atoms with Crippen molar-refractivity contribution in [2.24, 2.45) is 0 Å². The van der Waals surface area contributed by atoms with Gasteiger partial charge in [-0.1, -0.05) is 32.4 Å². The van der Waals surface area contributed by atoms with Crippen LogP contribution < -0.4 is 5.56 Å². The summed E-state index contributed by atoms with van der Waals surface area (Å²) >= 11 is 0. The van der Waals surface area contributed by atoms with E-state index in [2.05, 4.69) is 59.2 Å². The quantitative estimate of drug-likeness (QED) is 0.500. The van der Waals surface area contributed by atoms with Crippen LogP contribution in [0.25, 0.3) is 10.9 Å². The molecule has 0 fully saturated rings. The lowest BCUT2D eigenvalue weighted by Crippen LogP contribution is -2.37. The maximum absolute atomic E-state index is 13.0. The molecular formula is C24H36N6O2. The van der Waals surface area contributed by atoms with Crippen molar-refractivity contribution in [3.8, 4) is 0 Å². The number of hydrogen-bond donors (Lipinski definition) is 2. The normalized spacial score (nSPS) is 13.2. The third kappa shape index (κ3) is 4.76. The molecule has 0 radical (unpaired) electrons. The van der Waals surface area contributed by atoms with Crippen LogP contribution in [-0.2, 0) is 12.1 Å². The summed E-state index contributed by atoms with van der Waals surface area (Å²) in [4.78, 5) is 18.2. The molecule has 3 aromatic rings. The van der Waals surface area contributed by atoms with Gasteiger partial charge in [0.25, 0.3) is 5.56 Å². The second-order valence-electron chi connectivity index (χ2n) is 9.21. The molecule has 8 nitrogen and oxygen atoms in total. The number of H-pyrrole nitrogens is 1. The van der Waals surface area contributed by atoms with E-state index >= 15 is 0 Å². The smallest absolute Gasteiger partial charge is 0.252 e. The monoisotopic (exact) mass is 440 g/mol. The standard InChI is InChI=1S/C24H36N6O2/c1-7-9-20(22-26-27-28-30(22)24(5,6)8-2)29(12-13-31)15-19-14-18-11-10-16(3)17(4)21(18)25-23(19)32/h10-11,14,20,31H,7-9,12-13,15H2,1-6H3,(H,25,32). The minimum absolute atomic E-state index is 0.0112. The van der Waals surface area contributed by atoms with Crippen molar-refractivity contribution in [3.05, 3.63) is 51.1 Å². The number of aromatic amines is 1. The molecule has 0 aliphatic carbocycles. The summed E-state index contributed by atoms with van der Waals surface area (Å²) in [6, 6.07) is 5.98. The molecule has 0 bridgehead atoms. The van der Waals surface area contributed by atoms with Gasteiger partial charge in [-0.15, -0.1) is 5.10 Å². The lowest BCUT2D eigenvalue weighted by molar-refractivity contribution is 0.122. The van der Waals surface area contributed by atoms with Gasteiger partial charge in [-0.25, -0.2) is 4.68 Å². The Hall–Kier alpha value is -2.58. The molecule has 0 amide bonds. The van der Waals surface area contributed by atoms with E-state index < -0.39 is 0 Å². The van der Waals surface area contributed by atoms with E-state index in [1.54, 1.807) is 0 Å². The Kier molecular flexibility index (Phi) is 7.46. The zero-order valence-electron chi connectivity index (χ0n) is 20.1. The minimum Gasteiger partial charge on any atom is -0.395 e. The fraction of sp³-hybridized carbons (Fsp3) is 0.583. The number of nitrogens with one attached hydrogen (secondary N) is 1. The van der Waals surface area contributed by atoms with Crippen LogP contribution in [0, 0.1) is 13.8 Å². The van der Waals surface area contributed by atoms with Crippen LogP contribution in [0.2, 0.25) is 0 Å². The second kappa shape index (κ2) is 9.92. The van der Waals surface area contributed by atoms with E-state index in [-0.39, 0.29) is 23.7 Å². The number of aliphatic hydroxyl groups is 1. The van der Waals surface area contributed by atoms with Crippen molar-refractivity contribution >= 4 is 10.9 Å². The summed E-state index contributed by atoms with van der Waals surface area (Å²) in [7, 11) is 0. The average Bonchev–Trinajstić information content (AvgIpc) is 3.26. The van der Waals surface area contributed by atoms with Gasteiger partial charge < -0.3 is 10.1 Å². The summed E-state index contributed by atoms with van der Waals surface area (Å²) in [5.41, 5.74) is 3.46. The topological polar surface area (TPSA) is 99.9 Å². The lowest BCUT2D eigenvalue weighted by Gasteiger charge is -2.33. The Morgan fingerprint density at radius 1 is 1.25 bits per heavy atom. The highest BCUT2D eigenvalue weighted by atomic mass is 16.3. The first-order valence-corrected chi connectivity index (χ1v) is 11.5. The SMILES string of the molecule is CCCC(c1nnnn1C(C)(C)CC)N(CCO)Cc1cc2ccc(C)c(C)c2[nH]c1=O. The molecule has 1 unspecified atom stereocenters. The van der Waals surface area contributed by atoms with Gasteiger partial charge in [0, 0.05) is 18.7 Å². The van der Waals surface area contributed by atoms with Crippen molar-refractivity contribution in [3.63, 3.8) is 0 Å². The first-order valence-electron chi connectivity index (χ1n) is 11.5. The molecule has 174 valence electrons. The third-order valence-corrected chi connectivity index (χ3v) is 6.62. The van der Waals surface area contributed by atoms with Crippen LogP contribution in [0.1, 0.15) is 75.5 Å². The number of tetrazole rings is 1. The highest BCUT2D eigenvalue weighted by Gasteiger charge is 2.31. The van der Waals surface area contributed by atoms with E-state index in [1.165, 1.54) is 0 Å². The van der Waals surface area contributed by atoms with Gasteiger partial charge >= 0.3 is 0 Å². The minimum atomic E-state index is -0.231. The summed E-state index contributed by atoms with van der Waals surface area (Å²) < 4.78 is 1.90. The van der Waals surface area contributed by atoms with Crippen LogP contribution in [0.5, 0.6) is 0 Å². The molecule has 0 aliphatic heterocycles. The summed E-state index contributed by atoms with van der Waals surface area (Å²) in [6.07, 6.45) is 2.63. The lowest BCUT2D eigenvalue weighted by atomic mass is 10.0. The number of pyridine rings is 1. The van der Waals surface area contributed by atoms with E-state index in [0.717, 1.165) is 47.1 Å². The van der Waals surface area contributed by atoms with Gasteiger partial charge in [-0.05, 0) is 73.5 Å². The highest BCUT2D eigenvalue weighted by Crippen LogP contribution is 2.30. The van der Waals surface area contributed by atoms with Gasteiger partial charge in [0.1, 0.15) is 0 Å². The van der Waals surface area contributed by atoms with Crippen molar-refractivity contribution < 1.29 is 5.11 Å². The van der Waals surface area contributed by atoms with Gasteiger partial charge in [-0.2, -0.15) is 0 Å². The molecule has 2 heterocycles. The molecule has 32 heavy (non-hydrogen) atoms. The Morgan fingerprint density at radius 3 is 2.66 bits per heavy atom. The Morgan fingerprint density at radius 2 is 2.00 bits per heavy atom. The Labute approximate surface area is 189 Å². The number of hydrogen-bond acceptors (Lipinski definition) is 6. The molecule has 1 aromatic carbocycles. The summed E-state index contributed by atoms with van der Waals surface area (Å²) in [6.45, 7) is 13.4. The third-order valence-electron chi connectivity index (χ3n) is 6.62. The largest absolute Gasteiger partial charge is 0.395 e. The van der Waals surface area contributed by atoms with E-state index in [1.807, 2.05) is 30.7 Å². The molecule has 0 aliphatic rings. The predicted octanol–water partition coefficient (Wildman–Crippen LogP) is 3.61. The maximum Gasteiger partial charge on any atom is 0.252 e. The molecule has 2 N–H and O–H groups in total. The van der Waals surface area contributed by atoms with E-state index in [9.17, 15) is 9.90 Å². The number of benzene rings is 1. The van der Waals surface area contributed by atoms with Crippen molar-refractivity contribution in [1.82, 2.24) is 30.1 Å². The molecule has 2 aromatic heterocycles. The molecule has 0 saturated heterocycles. The highest BCUT2D eigenvalue weighted by molar-refractivity contribution is 5.83. The first-order chi connectivity index (χ1) is 15.2. The van der Waals surface area contributed by atoms with Gasteiger partial charge in [0.2, 0.25) is 0 Å². The number of aryl methyl sites for hydroxylation is 2. The van der Waals surface area contributed by atoms with Crippen LogP contribution in [0.15, 0.2) is 23.0 Å². The first kappa shape index (κ1) is 24.1. The summed E-state index contributed by atoms with van der Waals surface area (Å²) in [5.74, 6) is 0.774. The fourth-order valence-electron chi connectivity index (χ4n) is 4.11. The van der Waals surface area contributed by atoms with Gasteiger partial charge in [0.15, 0.2) is 5.82 Å². The molecular weight excluding hydrogens is 404 g/mol. The van der Waals surface area contributed by atoms with Crippen LogP contribution >= 0.6 is 0 Å². The van der Waals surface area contributed by atoms with Gasteiger partial charge in [-0.3, -0.25) is 9.69 Å². The van der Waals surface area contributed by atoms with Crippen molar-refractivity contribution in [2.75, 3.05) is 13.2 Å². The predicted molar refractivity (Wildman–Crippen MR) is 127 cm³/mol. The number of aliphatic hydroxyl groups excluding tert-OH is 1. The van der Waals surface area contributed by atoms with Crippen molar-refractivity contribution in [2.45, 2.75) is 78.9 Å². The van der Waals surface area contributed by atoms with Crippen molar-refractivity contribution in [1.29, 1.82) is 0 Å². The summed E-state index contributed by atoms with van der Waals surface area (Å²) in [5, 5.41) is 23.5. The molecule has 0 saturated carbocycles. The Bertz CT molecular complexity index is 1120. The van der Waals surface area contributed by atoms with Crippen LogP contribution in [0.3, 0.4) is 0 Å². The number of aromatic nitrogens is 5.